The Morgan fingerprint density at radius 1 is 0.438 bits per heavy atom. The fourth-order valence-corrected chi connectivity index (χ4v) is 8.88. The van der Waals surface area contributed by atoms with Crippen LogP contribution in [0, 0.1) is 0 Å². The molecule has 0 amide bonds. The van der Waals surface area contributed by atoms with E-state index < -0.39 is 0 Å². The molecule has 10 rings (SSSR count). The van der Waals surface area contributed by atoms with Crippen LogP contribution in [0.3, 0.4) is 0 Å². The molecule has 0 fully saturated rings. The molecule has 3 nitrogen and oxygen atoms in total. The first-order valence-electron chi connectivity index (χ1n) is 15.9. The van der Waals surface area contributed by atoms with Crippen molar-refractivity contribution in [2.24, 2.45) is 0 Å². The zero-order chi connectivity index (χ0) is 31.6. The summed E-state index contributed by atoms with van der Waals surface area (Å²) in [6.45, 7) is 0. The maximum absolute atomic E-state index is 6.14. The van der Waals surface area contributed by atoms with Crippen LogP contribution in [0.4, 0.5) is 17.1 Å². The molecule has 7 aromatic carbocycles. The predicted molar refractivity (Wildman–Crippen MR) is 205 cm³/mol. The SMILES string of the molecule is c1ccc(-c2ccc(N(c3ccc(-c4nc5c(ccc6oc7ccccc7c65)s4)cc3)c3ccc4sc5ccccc5c4c3)cc2)cc1. The van der Waals surface area contributed by atoms with Gasteiger partial charge in [-0.25, -0.2) is 4.98 Å². The van der Waals surface area contributed by atoms with E-state index in [1.54, 1.807) is 11.3 Å². The predicted octanol–water partition coefficient (Wildman–Crippen LogP) is 13.4. The van der Waals surface area contributed by atoms with Gasteiger partial charge in [0, 0.05) is 48.2 Å². The summed E-state index contributed by atoms with van der Waals surface area (Å²) < 4.78 is 9.90. The van der Waals surface area contributed by atoms with Gasteiger partial charge >= 0.3 is 0 Å². The van der Waals surface area contributed by atoms with Crippen molar-refractivity contribution in [2.75, 3.05) is 4.90 Å². The first-order chi connectivity index (χ1) is 23.8. The number of thiazole rings is 1. The van der Waals surface area contributed by atoms with Gasteiger partial charge in [-0.05, 0) is 90.0 Å². The van der Waals surface area contributed by atoms with Crippen molar-refractivity contribution in [3.8, 4) is 21.7 Å². The molecule has 0 spiro atoms. The lowest BCUT2D eigenvalue weighted by Gasteiger charge is -2.26. The number of furan rings is 1. The molecule has 0 aliphatic rings. The van der Waals surface area contributed by atoms with Crippen LogP contribution >= 0.6 is 22.7 Å². The molecule has 3 aromatic heterocycles. The minimum atomic E-state index is 0.875. The molecule has 0 saturated carbocycles. The van der Waals surface area contributed by atoms with E-state index in [0.29, 0.717) is 0 Å². The highest BCUT2D eigenvalue weighted by atomic mass is 32.1. The third-order valence-corrected chi connectivity index (χ3v) is 11.3. The molecule has 0 aliphatic heterocycles. The Morgan fingerprint density at radius 3 is 1.88 bits per heavy atom. The van der Waals surface area contributed by atoms with E-state index in [0.717, 1.165) is 59.8 Å². The van der Waals surface area contributed by atoms with Crippen LogP contribution in [-0.4, -0.2) is 4.98 Å². The summed E-state index contributed by atoms with van der Waals surface area (Å²) in [5, 5.41) is 5.77. The smallest absolute Gasteiger partial charge is 0.137 e. The van der Waals surface area contributed by atoms with Gasteiger partial charge in [0.15, 0.2) is 0 Å². The number of thiophene rings is 1. The Hall–Kier alpha value is -5.75. The topological polar surface area (TPSA) is 29.3 Å². The van der Waals surface area contributed by atoms with Gasteiger partial charge in [0.25, 0.3) is 0 Å². The molecule has 10 aromatic rings. The van der Waals surface area contributed by atoms with Gasteiger partial charge in [0.2, 0.25) is 0 Å². The number of anilines is 3. The fraction of sp³-hybridized carbons (Fsp3) is 0. The normalized spacial score (nSPS) is 11.8. The molecule has 0 bridgehead atoms. The molecule has 0 radical (unpaired) electrons. The lowest BCUT2D eigenvalue weighted by molar-refractivity contribution is 0.669. The minimum Gasteiger partial charge on any atom is -0.456 e. The Balaban J connectivity index is 1.08. The zero-order valence-corrected chi connectivity index (χ0v) is 27.3. The maximum atomic E-state index is 6.14. The molecular weight excluding hydrogens is 625 g/mol. The summed E-state index contributed by atoms with van der Waals surface area (Å²) in [5.74, 6) is 0. The summed E-state index contributed by atoms with van der Waals surface area (Å²) in [7, 11) is 0. The molecule has 5 heteroatoms. The Morgan fingerprint density at radius 2 is 1.06 bits per heavy atom. The number of para-hydroxylation sites is 1. The van der Waals surface area contributed by atoms with E-state index in [2.05, 4.69) is 150 Å². The number of nitrogens with zero attached hydrogens (tertiary/aromatic N) is 2. The Labute approximate surface area is 284 Å². The Bertz CT molecular complexity index is 2770. The molecule has 0 unspecified atom stereocenters. The fourth-order valence-electron chi connectivity index (χ4n) is 6.81. The number of rotatable bonds is 5. The second-order valence-corrected chi connectivity index (χ2v) is 14.1. The van der Waals surface area contributed by atoms with Crippen molar-refractivity contribution >= 4 is 92.1 Å². The number of hydrogen-bond donors (Lipinski definition) is 0. The summed E-state index contributed by atoms with van der Waals surface area (Å²) in [6, 6.07) is 56.1. The lowest BCUT2D eigenvalue weighted by atomic mass is 10.0. The standard InChI is InChI=1S/C43H26N2OS2/c1-2-8-27(9-3-1)28-14-18-30(19-15-28)45(32-22-24-39-35(26-32)33-10-5-7-13-38(33)47-39)31-20-16-29(17-21-31)43-44-42-40(48-43)25-23-37-41(42)34-11-4-6-12-36(34)46-37/h1-26H. The second kappa shape index (κ2) is 10.9. The molecule has 48 heavy (non-hydrogen) atoms. The lowest BCUT2D eigenvalue weighted by Crippen LogP contribution is -2.09. The third kappa shape index (κ3) is 4.43. The van der Waals surface area contributed by atoms with Gasteiger partial charge in [0.05, 0.1) is 15.6 Å². The summed E-state index contributed by atoms with van der Waals surface area (Å²) in [5.41, 5.74) is 9.60. The average Bonchev–Trinajstić information content (AvgIpc) is 3.86. The quantitative estimate of drug-likeness (QED) is 0.186. The molecule has 226 valence electrons. The van der Waals surface area contributed by atoms with E-state index in [-0.39, 0.29) is 0 Å². The van der Waals surface area contributed by atoms with Gasteiger partial charge < -0.3 is 9.32 Å². The van der Waals surface area contributed by atoms with Gasteiger partial charge in [-0.2, -0.15) is 0 Å². The van der Waals surface area contributed by atoms with Crippen molar-refractivity contribution in [2.45, 2.75) is 0 Å². The molecular formula is C43H26N2OS2. The average molecular weight is 651 g/mol. The van der Waals surface area contributed by atoms with Gasteiger partial charge in [-0.15, -0.1) is 22.7 Å². The van der Waals surface area contributed by atoms with Crippen LogP contribution in [0.25, 0.3) is 74.0 Å². The van der Waals surface area contributed by atoms with Crippen LogP contribution in [0.5, 0.6) is 0 Å². The van der Waals surface area contributed by atoms with E-state index in [1.807, 2.05) is 23.5 Å². The van der Waals surface area contributed by atoms with Crippen LogP contribution in [0.2, 0.25) is 0 Å². The maximum Gasteiger partial charge on any atom is 0.137 e. The van der Waals surface area contributed by atoms with E-state index >= 15 is 0 Å². The van der Waals surface area contributed by atoms with E-state index in [9.17, 15) is 0 Å². The first kappa shape index (κ1) is 27.4. The third-order valence-electron chi connectivity index (χ3n) is 9.12. The number of hydrogen-bond acceptors (Lipinski definition) is 5. The highest BCUT2D eigenvalue weighted by Crippen LogP contribution is 2.43. The highest BCUT2D eigenvalue weighted by Gasteiger charge is 2.18. The second-order valence-electron chi connectivity index (χ2n) is 12.0. The highest BCUT2D eigenvalue weighted by molar-refractivity contribution is 7.25. The summed E-state index contributed by atoms with van der Waals surface area (Å²) in [6.07, 6.45) is 0. The zero-order valence-electron chi connectivity index (χ0n) is 25.6. The largest absolute Gasteiger partial charge is 0.456 e. The molecule has 0 atom stereocenters. The van der Waals surface area contributed by atoms with Gasteiger partial charge in [-0.1, -0.05) is 78.9 Å². The van der Waals surface area contributed by atoms with Crippen LogP contribution in [0.15, 0.2) is 162 Å². The van der Waals surface area contributed by atoms with Gasteiger partial charge in [0.1, 0.15) is 16.2 Å². The van der Waals surface area contributed by atoms with Crippen molar-refractivity contribution in [3.05, 3.63) is 158 Å². The van der Waals surface area contributed by atoms with Crippen molar-refractivity contribution < 1.29 is 4.42 Å². The van der Waals surface area contributed by atoms with Crippen LogP contribution in [0.1, 0.15) is 0 Å². The van der Waals surface area contributed by atoms with Crippen molar-refractivity contribution in [3.63, 3.8) is 0 Å². The monoisotopic (exact) mass is 650 g/mol. The van der Waals surface area contributed by atoms with Crippen molar-refractivity contribution in [1.82, 2.24) is 4.98 Å². The minimum absolute atomic E-state index is 0.875. The van der Waals surface area contributed by atoms with Crippen LogP contribution < -0.4 is 4.90 Å². The molecule has 0 saturated heterocycles. The van der Waals surface area contributed by atoms with Gasteiger partial charge in [-0.3, -0.25) is 0 Å². The first-order valence-corrected chi connectivity index (χ1v) is 17.6. The van der Waals surface area contributed by atoms with E-state index in [4.69, 9.17) is 9.40 Å². The van der Waals surface area contributed by atoms with Crippen molar-refractivity contribution in [1.29, 1.82) is 0 Å². The number of aromatic nitrogens is 1. The molecule has 0 aliphatic carbocycles. The number of benzene rings is 7. The molecule has 3 heterocycles. The Kier molecular flexibility index (Phi) is 6.22. The van der Waals surface area contributed by atoms with E-state index in [1.165, 1.54) is 31.3 Å². The van der Waals surface area contributed by atoms with Crippen LogP contribution in [-0.2, 0) is 0 Å². The summed E-state index contributed by atoms with van der Waals surface area (Å²) >= 11 is 3.57. The number of fused-ring (bicyclic) bond motifs is 8. The molecule has 0 N–H and O–H groups in total. The summed E-state index contributed by atoms with van der Waals surface area (Å²) in [4.78, 5) is 7.52.